The third-order valence-electron chi connectivity index (χ3n) is 3.98. The topological polar surface area (TPSA) is 0 Å². The SMILES string of the molecule is CCc1c(C)c2ccc(Br)cc2c2ccc(C)cc12. The van der Waals surface area contributed by atoms with Crippen molar-refractivity contribution in [2.75, 3.05) is 0 Å². The maximum atomic E-state index is 3.59. The van der Waals surface area contributed by atoms with E-state index < -0.39 is 0 Å². The van der Waals surface area contributed by atoms with Gasteiger partial charge in [-0.25, -0.2) is 0 Å². The number of hydrogen-bond donors (Lipinski definition) is 0. The molecule has 3 rings (SSSR count). The van der Waals surface area contributed by atoms with Crippen LogP contribution in [0.2, 0.25) is 0 Å². The summed E-state index contributed by atoms with van der Waals surface area (Å²) in [7, 11) is 0. The van der Waals surface area contributed by atoms with Crippen LogP contribution >= 0.6 is 15.9 Å². The van der Waals surface area contributed by atoms with Gasteiger partial charge in [0.05, 0.1) is 0 Å². The highest BCUT2D eigenvalue weighted by Gasteiger charge is 2.10. The largest absolute Gasteiger partial charge is 0.0613 e. The monoisotopic (exact) mass is 312 g/mol. The average molecular weight is 313 g/mol. The minimum Gasteiger partial charge on any atom is -0.0613 e. The molecule has 0 amide bonds. The van der Waals surface area contributed by atoms with Gasteiger partial charge in [-0.3, -0.25) is 0 Å². The van der Waals surface area contributed by atoms with Crippen molar-refractivity contribution in [2.24, 2.45) is 0 Å². The van der Waals surface area contributed by atoms with Crippen molar-refractivity contribution in [1.82, 2.24) is 0 Å². The first-order valence-electron chi connectivity index (χ1n) is 6.73. The van der Waals surface area contributed by atoms with Crippen molar-refractivity contribution in [1.29, 1.82) is 0 Å². The summed E-state index contributed by atoms with van der Waals surface area (Å²) >= 11 is 3.59. The number of fused-ring (bicyclic) bond motifs is 3. The number of aryl methyl sites for hydroxylation is 3. The summed E-state index contributed by atoms with van der Waals surface area (Å²) in [4.78, 5) is 0. The standard InChI is InChI=1S/C18H17Br/c1-4-14-12(3)15-8-6-13(19)10-18(15)16-7-5-11(2)9-17(14)16/h5-10H,4H2,1-3H3. The first kappa shape index (κ1) is 12.7. The van der Waals surface area contributed by atoms with E-state index in [4.69, 9.17) is 0 Å². The Hall–Kier alpha value is -1.34. The zero-order valence-corrected chi connectivity index (χ0v) is 13.1. The summed E-state index contributed by atoms with van der Waals surface area (Å²) in [5.74, 6) is 0. The van der Waals surface area contributed by atoms with Gasteiger partial charge < -0.3 is 0 Å². The second-order valence-electron chi connectivity index (χ2n) is 5.20. The summed E-state index contributed by atoms with van der Waals surface area (Å²) in [6.07, 6.45) is 1.08. The van der Waals surface area contributed by atoms with Crippen LogP contribution < -0.4 is 0 Å². The van der Waals surface area contributed by atoms with Crippen LogP contribution in [0.25, 0.3) is 21.5 Å². The molecule has 0 aliphatic heterocycles. The Morgan fingerprint density at radius 1 is 0.842 bits per heavy atom. The van der Waals surface area contributed by atoms with Crippen molar-refractivity contribution in [2.45, 2.75) is 27.2 Å². The van der Waals surface area contributed by atoms with E-state index in [0.717, 1.165) is 10.9 Å². The summed E-state index contributed by atoms with van der Waals surface area (Å²) < 4.78 is 1.14. The molecule has 0 nitrogen and oxygen atoms in total. The number of benzene rings is 3. The van der Waals surface area contributed by atoms with E-state index in [-0.39, 0.29) is 0 Å². The van der Waals surface area contributed by atoms with Gasteiger partial charge in [0.1, 0.15) is 0 Å². The first-order valence-corrected chi connectivity index (χ1v) is 7.52. The van der Waals surface area contributed by atoms with Gasteiger partial charge in [-0.1, -0.05) is 52.7 Å². The third-order valence-corrected chi connectivity index (χ3v) is 4.48. The molecule has 0 aliphatic rings. The molecule has 0 aliphatic carbocycles. The van der Waals surface area contributed by atoms with E-state index in [1.165, 1.54) is 38.2 Å². The van der Waals surface area contributed by atoms with E-state index in [0.29, 0.717) is 0 Å². The van der Waals surface area contributed by atoms with Crippen LogP contribution in [0.5, 0.6) is 0 Å². The molecule has 0 radical (unpaired) electrons. The molecular formula is C18H17Br. The van der Waals surface area contributed by atoms with Gasteiger partial charge >= 0.3 is 0 Å². The lowest BCUT2D eigenvalue weighted by molar-refractivity contribution is 1.14. The smallest absolute Gasteiger partial charge is 0.0181 e. The zero-order valence-electron chi connectivity index (χ0n) is 11.5. The first-order chi connectivity index (χ1) is 9.11. The molecular weight excluding hydrogens is 296 g/mol. The third kappa shape index (κ3) is 1.97. The summed E-state index contributed by atoms with van der Waals surface area (Å²) in [5.41, 5.74) is 4.23. The van der Waals surface area contributed by atoms with Crippen molar-refractivity contribution in [3.8, 4) is 0 Å². The van der Waals surface area contributed by atoms with Crippen molar-refractivity contribution >= 4 is 37.5 Å². The van der Waals surface area contributed by atoms with Gasteiger partial charge in [0, 0.05) is 4.47 Å². The molecule has 0 saturated heterocycles. The van der Waals surface area contributed by atoms with Crippen LogP contribution in [0.4, 0.5) is 0 Å². The second kappa shape index (κ2) is 4.64. The van der Waals surface area contributed by atoms with Gasteiger partial charge in [-0.15, -0.1) is 0 Å². The maximum absolute atomic E-state index is 3.59. The van der Waals surface area contributed by atoms with Gasteiger partial charge in [0.15, 0.2) is 0 Å². The minimum absolute atomic E-state index is 1.08. The molecule has 0 unspecified atom stereocenters. The van der Waals surface area contributed by atoms with E-state index in [2.05, 4.69) is 73.1 Å². The highest BCUT2D eigenvalue weighted by molar-refractivity contribution is 9.10. The Morgan fingerprint density at radius 3 is 2.32 bits per heavy atom. The number of hydrogen-bond acceptors (Lipinski definition) is 0. The molecule has 3 aromatic carbocycles. The molecule has 0 saturated carbocycles. The normalized spacial score (nSPS) is 11.4. The molecule has 1 heteroatoms. The van der Waals surface area contributed by atoms with Crippen LogP contribution in [0.1, 0.15) is 23.6 Å². The van der Waals surface area contributed by atoms with Crippen molar-refractivity contribution in [3.63, 3.8) is 0 Å². The molecule has 96 valence electrons. The van der Waals surface area contributed by atoms with Crippen LogP contribution in [-0.4, -0.2) is 0 Å². The van der Waals surface area contributed by atoms with Crippen molar-refractivity contribution < 1.29 is 0 Å². The lowest BCUT2D eigenvalue weighted by Gasteiger charge is -2.14. The Kier molecular flexibility index (Phi) is 3.10. The summed E-state index contributed by atoms with van der Waals surface area (Å²) in [6, 6.07) is 13.4. The zero-order chi connectivity index (χ0) is 13.6. The number of rotatable bonds is 1. The molecule has 0 spiro atoms. The molecule has 3 aromatic rings. The predicted molar refractivity (Wildman–Crippen MR) is 88.0 cm³/mol. The molecule has 19 heavy (non-hydrogen) atoms. The lowest BCUT2D eigenvalue weighted by atomic mass is 9.90. The highest BCUT2D eigenvalue weighted by atomic mass is 79.9. The molecule has 0 aromatic heterocycles. The summed E-state index contributed by atoms with van der Waals surface area (Å²) in [6.45, 7) is 6.66. The van der Waals surface area contributed by atoms with Crippen LogP contribution in [0.3, 0.4) is 0 Å². The highest BCUT2D eigenvalue weighted by Crippen LogP contribution is 2.34. The Bertz CT molecular complexity index is 785. The Balaban J connectivity index is 2.61. The van der Waals surface area contributed by atoms with E-state index in [9.17, 15) is 0 Å². The molecule has 0 bridgehead atoms. The van der Waals surface area contributed by atoms with Gasteiger partial charge in [-0.05, 0) is 65.1 Å². The Labute approximate surface area is 122 Å². The van der Waals surface area contributed by atoms with Gasteiger partial charge in [0.25, 0.3) is 0 Å². The predicted octanol–water partition coefficient (Wildman–Crippen LogP) is 5.93. The fraction of sp³-hybridized carbons (Fsp3) is 0.222. The fourth-order valence-corrected chi connectivity index (χ4v) is 3.39. The van der Waals surface area contributed by atoms with E-state index >= 15 is 0 Å². The van der Waals surface area contributed by atoms with Gasteiger partial charge in [0.2, 0.25) is 0 Å². The van der Waals surface area contributed by atoms with E-state index in [1.807, 2.05) is 0 Å². The van der Waals surface area contributed by atoms with Crippen LogP contribution in [0.15, 0.2) is 40.9 Å². The van der Waals surface area contributed by atoms with Crippen LogP contribution in [0, 0.1) is 13.8 Å². The minimum atomic E-state index is 1.08. The maximum Gasteiger partial charge on any atom is 0.0181 e. The quantitative estimate of drug-likeness (QED) is 0.488. The number of halogens is 1. The van der Waals surface area contributed by atoms with Crippen molar-refractivity contribution in [3.05, 3.63) is 57.6 Å². The molecule has 0 fully saturated rings. The molecule has 0 atom stereocenters. The second-order valence-corrected chi connectivity index (χ2v) is 6.11. The molecule has 0 N–H and O–H groups in total. The van der Waals surface area contributed by atoms with Crippen LogP contribution in [-0.2, 0) is 6.42 Å². The Morgan fingerprint density at radius 2 is 1.58 bits per heavy atom. The van der Waals surface area contributed by atoms with E-state index in [1.54, 1.807) is 0 Å². The summed E-state index contributed by atoms with van der Waals surface area (Å²) in [5, 5.41) is 5.49. The fourth-order valence-electron chi connectivity index (χ4n) is 3.03. The van der Waals surface area contributed by atoms with Gasteiger partial charge in [-0.2, -0.15) is 0 Å². The lowest BCUT2D eigenvalue weighted by Crippen LogP contribution is -1.93. The molecule has 0 heterocycles. The average Bonchev–Trinajstić information content (AvgIpc) is 2.39.